The Balaban J connectivity index is 1.72. The minimum atomic E-state index is -3.67. The summed E-state index contributed by atoms with van der Waals surface area (Å²) in [7, 11) is -3.67. The lowest BCUT2D eigenvalue weighted by Gasteiger charge is -2.35. The van der Waals surface area contributed by atoms with Gasteiger partial charge in [-0.1, -0.05) is 23.7 Å². The maximum atomic E-state index is 12.8. The standard InChI is InChI=1S/C18H18ClN3O5S/c1-13(23)14-2-5-16(6-3-14)28(26,27)21-10-8-20(9-11-21)18-7-4-15(22(24)25)12-17(18)19/h2-7,12H,8-11H2,1H3. The van der Waals surface area contributed by atoms with E-state index in [0.717, 1.165) is 0 Å². The van der Waals surface area contributed by atoms with E-state index in [2.05, 4.69) is 0 Å². The summed E-state index contributed by atoms with van der Waals surface area (Å²) in [6.07, 6.45) is 0. The third-order valence-electron chi connectivity index (χ3n) is 4.62. The molecule has 0 spiro atoms. The number of nitrogens with zero attached hydrogens (tertiary/aromatic N) is 3. The molecule has 28 heavy (non-hydrogen) atoms. The van der Waals surface area contributed by atoms with Crippen molar-refractivity contribution in [3.63, 3.8) is 0 Å². The minimum Gasteiger partial charge on any atom is -0.368 e. The first-order chi connectivity index (χ1) is 13.2. The molecular weight excluding hydrogens is 406 g/mol. The van der Waals surface area contributed by atoms with Crippen LogP contribution in [0.25, 0.3) is 0 Å². The second-order valence-corrected chi connectivity index (χ2v) is 8.71. The lowest BCUT2D eigenvalue weighted by molar-refractivity contribution is -0.384. The Bertz CT molecular complexity index is 1020. The van der Waals surface area contributed by atoms with E-state index in [1.165, 1.54) is 47.6 Å². The molecular formula is C18H18ClN3O5S. The van der Waals surface area contributed by atoms with Crippen LogP contribution in [0.1, 0.15) is 17.3 Å². The smallest absolute Gasteiger partial charge is 0.271 e. The normalized spacial score (nSPS) is 15.4. The second-order valence-electron chi connectivity index (χ2n) is 6.36. The van der Waals surface area contributed by atoms with Crippen LogP contribution in [0, 0.1) is 10.1 Å². The molecule has 0 aliphatic carbocycles. The van der Waals surface area contributed by atoms with Crippen LogP contribution >= 0.6 is 11.6 Å². The van der Waals surface area contributed by atoms with Crippen LogP contribution in [0.4, 0.5) is 11.4 Å². The number of benzene rings is 2. The molecule has 0 radical (unpaired) electrons. The van der Waals surface area contributed by atoms with Crippen LogP contribution in [0.15, 0.2) is 47.4 Å². The summed E-state index contributed by atoms with van der Waals surface area (Å²) in [4.78, 5) is 23.7. The van der Waals surface area contributed by atoms with Crippen molar-refractivity contribution in [2.45, 2.75) is 11.8 Å². The fourth-order valence-electron chi connectivity index (χ4n) is 3.05. The Kier molecular flexibility index (Phi) is 5.69. The van der Waals surface area contributed by atoms with Crippen molar-refractivity contribution in [3.8, 4) is 0 Å². The van der Waals surface area contributed by atoms with E-state index in [4.69, 9.17) is 11.6 Å². The SMILES string of the molecule is CC(=O)c1ccc(S(=O)(=O)N2CCN(c3ccc([N+](=O)[O-])cc3Cl)CC2)cc1. The van der Waals surface area contributed by atoms with Crippen molar-refractivity contribution < 1.29 is 18.1 Å². The fraction of sp³-hybridized carbons (Fsp3) is 0.278. The van der Waals surface area contributed by atoms with E-state index in [-0.39, 0.29) is 34.5 Å². The van der Waals surface area contributed by atoms with Gasteiger partial charge in [0, 0.05) is 43.9 Å². The van der Waals surface area contributed by atoms with Crippen molar-refractivity contribution in [3.05, 3.63) is 63.2 Å². The molecule has 1 heterocycles. The lowest BCUT2D eigenvalue weighted by atomic mass is 10.2. The summed E-state index contributed by atoms with van der Waals surface area (Å²) in [6.45, 7) is 2.74. The van der Waals surface area contributed by atoms with Gasteiger partial charge >= 0.3 is 0 Å². The molecule has 0 aromatic heterocycles. The number of anilines is 1. The molecule has 1 saturated heterocycles. The Labute approximate surface area is 167 Å². The molecule has 1 aliphatic rings. The van der Waals surface area contributed by atoms with Gasteiger partial charge < -0.3 is 4.90 Å². The molecule has 0 saturated carbocycles. The van der Waals surface area contributed by atoms with E-state index >= 15 is 0 Å². The maximum absolute atomic E-state index is 12.8. The van der Waals surface area contributed by atoms with E-state index in [9.17, 15) is 23.3 Å². The molecule has 0 amide bonds. The number of ketones is 1. The van der Waals surface area contributed by atoms with Gasteiger partial charge in [-0.25, -0.2) is 8.42 Å². The summed E-state index contributed by atoms with van der Waals surface area (Å²) >= 11 is 6.16. The molecule has 0 N–H and O–H groups in total. The molecule has 0 unspecified atom stereocenters. The summed E-state index contributed by atoms with van der Waals surface area (Å²) < 4.78 is 27.0. The zero-order valence-corrected chi connectivity index (χ0v) is 16.6. The Morgan fingerprint density at radius 3 is 2.18 bits per heavy atom. The molecule has 10 heteroatoms. The van der Waals surface area contributed by atoms with Gasteiger partial charge in [0.1, 0.15) is 0 Å². The van der Waals surface area contributed by atoms with Crippen LogP contribution in [0.5, 0.6) is 0 Å². The number of sulfonamides is 1. The number of halogens is 1. The number of piperazine rings is 1. The molecule has 148 valence electrons. The molecule has 2 aromatic rings. The first-order valence-corrected chi connectivity index (χ1v) is 10.3. The van der Waals surface area contributed by atoms with Crippen molar-refractivity contribution in [2.75, 3.05) is 31.1 Å². The summed E-state index contributed by atoms with van der Waals surface area (Å²) in [6, 6.07) is 10.1. The van der Waals surface area contributed by atoms with Crippen LogP contribution in [-0.2, 0) is 10.0 Å². The topological polar surface area (TPSA) is 101 Å². The maximum Gasteiger partial charge on any atom is 0.271 e. The van der Waals surface area contributed by atoms with Crippen molar-refractivity contribution in [2.24, 2.45) is 0 Å². The number of nitro benzene ring substituents is 1. The first-order valence-electron chi connectivity index (χ1n) is 8.50. The van der Waals surface area contributed by atoms with Gasteiger partial charge in [0.25, 0.3) is 5.69 Å². The quantitative estimate of drug-likeness (QED) is 0.416. The van der Waals surface area contributed by atoms with Gasteiger partial charge in [0.05, 0.1) is 20.5 Å². The second kappa shape index (κ2) is 7.86. The Hall–Kier alpha value is -2.49. The van der Waals surface area contributed by atoms with E-state index in [0.29, 0.717) is 24.3 Å². The van der Waals surface area contributed by atoms with E-state index in [1.54, 1.807) is 6.07 Å². The predicted octanol–water partition coefficient (Wildman–Crippen LogP) is 2.96. The number of Topliss-reactive ketones (excluding diaryl/α,β-unsaturated/α-hetero) is 1. The third kappa shape index (κ3) is 4.01. The highest BCUT2D eigenvalue weighted by molar-refractivity contribution is 7.89. The highest BCUT2D eigenvalue weighted by atomic mass is 35.5. The van der Waals surface area contributed by atoms with Gasteiger partial charge in [-0.2, -0.15) is 4.31 Å². The minimum absolute atomic E-state index is 0.0935. The molecule has 3 rings (SSSR count). The number of nitro groups is 1. The highest BCUT2D eigenvalue weighted by Crippen LogP contribution is 2.31. The van der Waals surface area contributed by atoms with E-state index < -0.39 is 14.9 Å². The zero-order chi connectivity index (χ0) is 20.5. The predicted molar refractivity (Wildman–Crippen MR) is 106 cm³/mol. The lowest BCUT2D eigenvalue weighted by Crippen LogP contribution is -2.48. The van der Waals surface area contributed by atoms with Gasteiger partial charge in [-0.15, -0.1) is 0 Å². The Morgan fingerprint density at radius 1 is 1.07 bits per heavy atom. The van der Waals surface area contributed by atoms with Crippen LogP contribution in [0.3, 0.4) is 0 Å². The number of carbonyl (C=O) groups is 1. The molecule has 1 fully saturated rings. The van der Waals surface area contributed by atoms with Gasteiger partial charge in [-0.3, -0.25) is 14.9 Å². The fourth-order valence-corrected chi connectivity index (χ4v) is 4.76. The van der Waals surface area contributed by atoms with Crippen LogP contribution in [0.2, 0.25) is 5.02 Å². The first kappa shape index (κ1) is 20.2. The van der Waals surface area contributed by atoms with Crippen LogP contribution < -0.4 is 4.90 Å². The number of hydrogen-bond donors (Lipinski definition) is 0. The van der Waals surface area contributed by atoms with Gasteiger partial charge in [0.15, 0.2) is 5.78 Å². The number of hydrogen-bond acceptors (Lipinski definition) is 6. The average Bonchev–Trinajstić information content (AvgIpc) is 2.68. The molecule has 8 nitrogen and oxygen atoms in total. The third-order valence-corrected chi connectivity index (χ3v) is 6.84. The van der Waals surface area contributed by atoms with Crippen molar-refractivity contribution >= 4 is 38.8 Å². The highest BCUT2D eigenvalue weighted by Gasteiger charge is 2.29. The largest absolute Gasteiger partial charge is 0.368 e. The molecule has 0 atom stereocenters. The molecule has 1 aliphatic heterocycles. The number of non-ortho nitro benzene ring substituents is 1. The van der Waals surface area contributed by atoms with Gasteiger partial charge in [-0.05, 0) is 25.1 Å². The average molecular weight is 424 g/mol. The summed E-state index contributed by atoms with van der Waals surface area (Å²) in [5.74, 6) is -0.127. The number of rotatable bonds is 5. The summed E-state index contributed by atoms with van der Waals surface area (Å²) in [5.41, 5.74) is 0.996. The van der Waals surface area contributed by atoms with Crippen molar-refractivity contribution in [1.29, 1.82) is 0 Å². The number of carbonyl (C=O) groups excluding carboxylic acids is 1. The molecule has 2 aromatic carbocycles. The van der Waals surface area contributed by atoms with Gasteiger partial charge in [0.2, 0.25) is 10.0 Å². The Morgan fingerprint density at radius 2 is 1.68 bits per heavy atom. The van der Waals surface area contributed by atoms with Crippen LogP contribution in [-0.4, -0.2) is 49.6 Å². The molecule has 0 bridgehead atoms. The monoisotopic (exact) mass is 423 g/mol. The van der Waals surface area contributed by atoms with E-state index in [1.807, 2.05) is 4.90 Å². The zero-order valence-electron chi connectivity index (χ0n) is 15.0. The van der Waals surface area contributed by atoms with Crippen molar-refractivity contribution in [1.82, 2.24) is 4.31 Å². The summed E-state index contributed by atoms with van der Waals surface area (Å²) in [5, 5.41) is 11.1.